The van der Waals surface area contributed by atoms with E-state index in [0.29, 0.717) is 12.5 Å². The van der Waals surface area contributed by atoms with Crippen LogP contribution in [0.4, 0.5) is 0 Å². The Morgan fingerprint density at radius 3 is 2.65 bits per heavy atom. The fraction of sp³-hybridized carbons (Fsp3) is 0.267. The molecule has 0 aliphatic carbocycles. The fourth-order valence-electron chi connectivity index (χ4n) is 2.09. The number of amides is 1. The summed E-state index contributed by atoms with van der Waals surface area (Å²) in [5.41, 5.74) is 1.29. The molecule has 0 radical (unpaired) electrons. The van der Waals surface area contributed by atoms with E-state index < -0.39 is 0 Å². The molecule has 0 spiro atoms. The Balaban J connectivity index is 2.31. The summed E-state index contributed by atoms with van der Waals surface area (Å²) in [6, 6.07) is 14.7. The Labute approximate surface area is 102 Å². The van der Waals surface area contributed by atoms with Crippen molar-refractivity contribution < 1.29 is 4.79 Å². The van der Waals surface area contributed by atoms with Gasteiger partial charge in [-0.3, -0.25) is 4.79 Å². The highest BCUT2D eigenvalue weighted by molar-refractivity contribution is 5.86. The quantitative estimate of drug-likeness (QED) is 0.857. The standard InChI is InChI=1S/C15H17NO/c1-11(10-16-12(2)17)14-9-5-7-13-6-3-4-8-15(13)14/h3-9,11H,10H2,1-2H3,(H,16,17). The maximum atomic E-state index is 10.9. The van der Waals surface area contributed by atoms with Crippen LogP contribution >= 0.6 is 0 Å². The third-order valence-electron chi connectivity index (χ3n) is 3.01. The molecule has 1 N–H and O–H groups in total. The van der Waals surface area contributed by atoms with Gasteiger partial charge in [-0.05, 0) is 22.3 Å². The second kappa shape index (κ2) is 5.00. The molecule has 2 rings (SSSR count). The third kappa shape index (κ3) is 2.64. The zero-order valence-corrected chi connectivity index (χ0v) is 10.2. The van der Waals surface area contributed by atoms with Crippen LogP contribution in [-0.4, -0.2) is 12.5 Å². The summed E-state index contributed by atoms with van der Waals surface area (Å²) in [7, 11) is 0. The normalized spacial score (nSPS) is 12.4. The minimum absolute atomic E-state index is 0.0251. The topological polar surface area (TPSA) is 29.1 Å². The summed E-state index contributed by atoms with van der Waals surface area (Å²) in [6.45, 7) is 4.37. The molecule has 1 atom stereocenters. The average Bonchev–Trinajstić information content (AvgIpc) is 2.35. The van der Waals surface area contributed by atoms with Crippen molar-refractivity contribution in [2.45, 2.75) is 19.8 Å². The van der Waals surface area contributed by atoms with Crippen molar-refractivity contribution >= 4 is 16.7 Å². The molecule has 1 amide bonds. The van der Waals surface area contributed by atoms with Crippen molar-refractivity contribution in [2.24, 2.45) is 0 Å². The van der Waals surface area contributed by atoms with E-state index in [1.807, 2.05) is 6.07 Å². The predicted octanol–water partition coefficient (Wildman–Crippen LogP) is 3.08. The van der Waals surface area contributed by atoms with Crippen molar-refractivity contribution in [2.75, 3.05) is 6.54 Å². The van der Waals surface area contributed by atoms with Crippen LogP contribution in [0.5, 0.6) is 0 Å². The molecule has 2 heteroatoms. The lowest BCUT2D eigenvalue weighted by molar-refractivity contribution is -0.119. The molecule has 2 nitrogen and oxygen atoms in total. The first kappa shape index (κ1) is 11.6. The van der Waals surface area contributed by atoms with Gasteiger partial charge in [0.15, 0.2) is 0 Å². The number of nitrogens with one attached hydrogen (secondary N) is 1. The summed E-state index contributed by atoms with van der Waals surface area (Å²) >= 11 is 0. The second-order valence-corrected chi connectivity index (χ2v) is 4.41. The molecule has 0 heterocycles. The molecule has 88 valence electrons. The van der Waals surface area contributed by atoms with E-state index in [9.17, 15) is 4.79 Å². The van der Waals surface area contributed by atoms with E-state index in [-0.39, 0.29) is 5.91 Å². The molecule has 17 heavy (non-hydrogen) atoms. The van der Waals surface area contributed by atoms with E-state index in [0.717, 1.165) is 0 Å². The molecule has 0 aliphatic rings. The highest BCUT2D eigenvalue weighted by atomic mass is 16.1. The van der Waals surface area contributed by atoms with Crippen molar-refractivity contribution in [3.8, 4) is 0 Å². The molecule has 1 unspecified atom stereocenters. The van der Waals surface area contributed by atoms with Crippen LogP contribution in [0.15, 0.2) is 42.5 Å². The fourth-order valence-corrected chi connectivity index (χ4v) is 2.09. The van der Waals surface area contributed by atoms with Gasteiger partial charge in [-0.25, -0.2) is 0 Å². The maximum absolute atomic E-state index is 10.9. The van der Waals surface area contributed by atoms with Gasteiger partial charge >= 0.3 is 0 Å². The van der Waals surface area contributed by atoms with Crippen LogP contribution in [0.25, 0.3) is 10.8 Å². The van der Waals surface area contributed by atoms with Crippen LogP contribution in [0.1, 0.15) is 25.3 Å². The number of rotatable bonds is 3. The van der Waals surface area contributed by atoms with Gasteiger partial charge in [0.25, 0.3) is 0 Å². The van der Waals surface area contributed by atoms with Crippen LogP contribution in [-0.2, 0) is 4.79 Å². The number of carbonyl (C=O) groups is 1. The van der Waals surface area contributed by atoms with Crippen molar-refractivity contribution in [1.29, 1.82) is 0 Å². The molecule has 0 bridgehead atoms. The van der Waals surface area contributed by atoms with Gasteiger partial charge in [0, 0.05) is 13.5 Å². The predicted molar refractivity (Wildman–Crippen MR) is 71.0 cm³/mol. The van der Waals surface area contributed by atoms with E-state index in [4.69, 9.17) is 0 Å². The zero-order valence-electron chi connectivity index (χ0n) is 10.2. The van der Waals surface area contributed by atoms with E-state index in [2.05, 4.69) is 48.6 Å². The highest BCUT2D eigenvalue weighted by Gasteiger charge is 2.09. The van der Waals surface area contributed by atoms with Gasteiger partial charge in [0.2, 0.25) is 5.91 Å². The molecular formula is C15H17NO. The number of benzene rings is 2. The molecule has 0 saturated carbocycles. The van der Waals surface area contributed by atoms with Crippen molar-refractivity contribution in [1.82, 2.24) is 5.32 Å². The number of fused-ring (bicyclic) bond motifs is 1. The first-order chi connectivity index (χ1) is 8.18. The third-order valence-corrected chi connectivity index (χ3v) is 3.01. The molecule has 0 fully saturated rings. The van der Waals surface area contributed by atoms with Gasteiger partial charge in [0.05, 0.1) is 0 Å². The Hall–Kier alpha value is -1.83. The maximum Gasteiger partial charge on any atom is 0.216 e. The van der Waals surface area contributed by atoms with Gasteiger partial charge in [-0.2, -0.15) is 0 Å². The summed E-state index contributed by atoms with van der Waals surface area (Å²) in [6.07, 6.45) is 0. The lowest BCUT2D eigenvalue weighted by Gasteiger charge is -2.14. The molecular weight excluding hydrogens is 210 g/mol. The zero-order chi connectivity index (χ0) is 12.3. The lowest BCUT2D eigenvalue weighted by Crippen LogP contribution is -2.24. The molecule has 0 saturated heterocycles. The number of hydrogen-bond donors (Lipinski definition) is 1. The van der Waals surface area contributed by atoms with Crippen LogP contribution in [0.3, 0.4) is 0 Å². The van der Waals surface area contributed by atoms with E-state index in [1.54, 1.807) is 6.92 Å². The Bertz CT molecular complexity index is 528. The summed E-state index contributed by atoms with van der Waals surface area (Å²) in [5, 5.41) is 5.39. The van der Waals surface area contributed by atoms with Crippen molar-refractivity contribution in [3.63, 3.8) is 0 Å². The minimum atomic E-state index is 0.0251. The van der Waals surface area contributed by atoms with Gasteiger partial charge in [-0.1, -0.05) is 49.4 Å². The summed E-state index contributed by atoms with van der Waals surface area (Å²) < 4.78 is 0. The SMILES string of the molecule is CC(=O)NCC(C)c1cccc2ccccc12. The number of hydrogen-bond acceptors (Lipinski definition) is 1. The molecule has 2 aromatic carbocycles. The molecule has 0 aliphatic heterocycles. The minimum Gasteiger partial charge on any atom is -0.356 e. The van der Waals surface area contributed by atoms with E-state index >= 15 is 0 Å². The summed E-state index contributed by atoms with van der Waals surface area (Å²) in [5.74, 6) is 0.349. The van der Waals surface area contributed by atoms with Crippen LogP contribution < -0.4 is 5.32 Å². The second-order valence-electron chi connectivity index (χ2n) is 4.41. The van der Waals surface area contributed by atoms with E-state index in [1.165, 1.54) is 16.3 Å². The lowest BCUT2D eigenvalue weighted by atomic mass is 9.95. The first-order valence-corrected chi connectivity index (χ1v) is 5.90. The summed E-state index contributed by atoms with van der Waals surface area (Å²) in [4.78, 5) is 10.9. The highest BCUT2D eigenvalue weighted by Crippen LogP contribution is 2.24. The van der Waals surface area contributed by atoms with Crippen LogP contribution in [0.2, 0.25) is 0 Å². The Morgan fingerprint density at radius 1 is 1.18 bits per heavy atom. The smallest absolute Gasteiger partial charge is 0.216 e. The monoisotopic (exact) mass is 227 g/mol. The molecule has 2 aromatic rings. The van der Waals surface area contributed by atoms with Gasteiger partial charge in [-0.15, -0.1) is 0 Å². The Morgan fingerprint density at radius 2 is 1.88 bits per heavy atom. The van der Waals surface area contributed by atoms with Gasteiger partial charge in [0.1, 0.15) is 0 Å². The van der Waals surface area contributed by atoms with Crippen LogP contribution in [0, 0.1) is 0 Å². The Kier molecular flexibility index (Phi) is 3.43. The first-order valence-electron chi connectivity index (χ1n) is 5.90. The average molecular weight is 227 g/mol. The molecule has 0 aromatic heterocycles. The van der Waals surface area contributed by atoms with Crippen molar-refractivity contribution in [3.05, 3.63) is 48.0 Å². The largest absolute Gasteiger partial charge is 0.356 e. The number of carbonyl (C=O) groups excluding carboxylic acids is 1. The van der Waals surface area contributed by atoms with Gasteiger partial charge < -0.3 is 5.32 Å².